The number of phenolic OH excluding ortho intramolecular Hbond substituents is 4. The summed E-state index contributed by atoms with van der Waals surface area (Å²) < 4.78 is 10.7. The Morgan fingerprint density at radius 3 is 2.17 bits per heavy atom. The van der Waals surface area contributed by atoms with Crippen LogP contribution in [0.5, 0.6) is 23.0 Å². The molecule has 3 aromatic rings. The maximum Gasteiger partial charge on any atom is 0.339 e. The Morgan fingerprint density at radius 2 is 1.52 bits per heavy atom. The first kappa shape index (κ1) is 29.9. The van der Waals surface area contributed by atoms with Crippen molar-refractivity contribution >= 4 is 23.6 Å². The van der Waals surface area contributed by atoms with Crippen LogP contribution in [0.25, 0.3) is 0 Å². The van der Waals surface area contributed by atoms with E-state index >= 15 is 0 Å². The van der Waals surface area contributed by atoms with Crippen molar-refractivity contribution in [1.29, 1.82) is 0 Å². The van der Waals surface area contributed by atoms with E-state index in [1.54, 1.807) is 0 Å². The van der Waals surface area contributed by atoms with Crippen LogP contribution in [0, 0.1) is 5.92 Å². The monoisotopic (exact) mass is 578 g/mol. The molecule has 12 nitrogen and oxygen atoms in total. The summed E-state index contributed by atoms with van der Waals surface area (Å²) in [4.78, 5) is 51.4. The molecule has 0 unspecified atom stereocenters. The summed E-state index contributed by atoms with van der Waals surface area (Å²) in [6.45, 7) is 4.22. The predicted molar refractivity (Wildman–Crippen MR) is 148 cm³/mol. The summed E-state index contributed by atoms with van der Waals surface area (Å²) in [5.74, 6) is -5.48. The molecule has 4 rings (SSSR count). The molecule has 0 aromatic heterocycles. The SMILES string of the molecule is CC(C)COC(=O)c1cccc(O)c1C(=O)c1c(O)cc(C(=O)O[C@H]2CNC[C@@H]2NC(=O)c2ccc(O)cc2)cc1O. The number of nitrogens with one attached hydrogen (secondary N) is 2. The zero-order valence-electron chi connectivity index (χ0n) is 22.8. The van der Waals surface area contributed by atoms with Crippen molar-refractivity contribution in [3.05, 3.63) is 82.4 Å². The first-order valence-corrected chi connectivity index (χ1v) is 13.1. The van der Waals surface area contributed by atoms with Crippen LogP contribution in [0.15, 0.2) is 54.6 Å². The lowest BCUT2D eigenvalue weighted by molar-refractivity contribution is 0.0282. The molecule has 1 aliphatic heterocycles. The maximum atomic E-state index is 13.3. The van der Waals surface area contributed by atoms with Crippen LogP contribution in [0.3, 0.4) is 0 Å². The van der Waals surface area contributed by atoms with Gasteiger partial charge in [-0.05, 0) is 54.4 Å². The average molecular weight is 579 g/mol. The number of ether oxygens (including phenoxy) is 2. The number of ketones is 1. The van der Waals surface area contributed by atoms with E-state index in [-0.39, 0.29) is 35.9 Å². The fourth-order valence-corrected chi connectivity index (χ4v) is 4.35. The minimum absolute atomic E-state index is 0.00488. The van der Waals surface area contributed by atoms with E-state index < -0.39 is 64.2 Å². The van der Waals surface area contributed by atoms with Gasteiger partial charge < -0.3 is 40.5 Å². The third-order valence-electron chi connectivity index (χ3n) is 6.46. The Labute approximate surface area is 240 Å². The van der Waals surface area contributed by atoms with Gasteiger partial charge in [-0.3, -0.25) is 9.59 Å². The highest BCUT2D eigenvalue weighted by molar-refractivity contribution is 6.18. The van der Waals surface area contributed by atoms with Crippen molar-refractivity contribution in [3.63, 3.8) is 0 Å². The number of hydrogen-bond donors (Lipinski definition) is 6. The molecule has 220 valence electrons. The zero-order valence-corrected chi connectivity index (χ0v) is 22.8. The third kappa shape index (κ3) is 6.61. The second kappa shape index (κ2) is 12.6. The van der Waals surface area contributed by atoms with Gasteiger partial charge in [0.15, 0.2) is 0 Å². The minimum atomic E-state index is -1.07. The Balaban J connectivity index is 1.51. The van der Waals surface area contributed by atoms with Gasteiger partial charge in [-0.25, -0.2) is 9.59 Å². The summed E-state index contributed by atoms with van der Waals surface area (Å²) in [6, 6.07) is 10.6. The standard InChI is InChI=1S/C30H30N2O10/c1-15(2)14-41-30(40)19-4-3-5-21(34)25(19)27(37)26-22(35)10-17(11-23(26)36)29(39)42-24-13-31-12-20(24)32-28(38)16-6-8-18(33)9-7-16/h3-11,15,20,24,31,33-36H,12-14H2,1-2H3,(H,32,38)/t20-,24-/m0/s1. The van der Waals surface area contributed by atoms with Gasteiger partial charge in [0.1, 0.15) is 34.7 Å². The molecule has 12 heteroatoms. The molecule has 6 N–H and O–H groups in total. The van der Waals surface area contributed by atoms with Crippen LogP contribution in [-0.2, 0) is 9.47 Å². The molecule has 0 saturated carbocycles. The van der Waals surface area contributed by atoms with Gasteiger partial charge in [0, 0.05) is 18.7 Å². The Bertz CT molecular complexity index is 1490. The largest absolute Gasteiger partial charge is 0.508 e. The van der Waals surface area contributed by atoms with E-state index in [0.717, 1.165) is 12.1 Å². The van der Waals surface area contributed by atoms with E-state index in [1.165, 1.54) is 42.5 Å². The lowest BCUT2D eigenvalue weighted by Gasteiger charge is -2.21. The number of phenols is 4. The van der Waals surface area contributed by atoms with Crippen molar-refractivity contribution in [1.82, 2.24) is 10.6 Å². The summed E-state index contributed by atoms with van der Waals surface area (Å²) in [5.41, 5.74) is -1.40. The molecule has 1 saturated heterocycles. The van der Waals surface area contributed by atoms with Gasteiger partial charge in [0.25, 0.3) is 5.91 Å². The van der Waals surface area contributed by atoms with Crippen molar-refractivity contribution < 1.29 is 49.1 Å². The summed E-state index contributed by atoms with van der Waals surface area (Å²) in [7, 11) is 0. The van der Waals surface area contributed by atoms with Gasteiger partial charge in [-0.2, -0.15) is 0 Å². The number of amides is 1. The molecule has 0 aliphatic carbocycles. The van der Waals surface area contributed by atoms with Gasteiger partial charge in [-0.15, -0.1) is 0 Å². The number of benzene rings is 3. The molecule has 0 radical (unpaired) electrons. The second-order valence-corrected chi connectivity index (χ2v) is 10.1. The Hall–Kier alpha value is -5.10. The van der Waals surface area contributed by atoms with Crippen LogP contribution < -0.4 is 10.6 Å². The van der Waals surface area contributed by atoms with Crippen LogP contribution in [0.2, 0.25) is 0 Å². The number of hydrogen-bond acceptors (Lipinski definition) is 11. The molecular weight excluding hydrogens is 548 g/mol. The normalized spacial score (nSPS) is 16.2. The smallest absolute Gasteiger partial charge is 0.339 e. The number of carbonyl (C=O) groups excluding carboxylic acids is 4. The minimum Gasteiger partial charge on any atom is -0.508 e. The van der Waals surface area contributed by atoms with Crippen LogP contribution in [-0.4, -0.2) is 75.9 Å². The van der Waals surface area contributed by atoms with Gasteiger partial charge in [-0.1, -0.05) is 19.9 Å². The maximum absolute atomic E-state index is 13.3. The lowest BCUT2D eigenvalue weighted by atomic mass is 9.95. The van der Waals surface area contributed by atoms with Gasteiger partial charge in [0.2, 0.25) is 5.78 Å². The number of aromatic hydroxyl groups is 4. The Morgan fingerprint density at radius 1 is 0.857 bits per heavy atom. The van der Waals surface area contributed by atoms with Gasteiger partial charge in [0.05, 0.1) is 29.3 Å². The van der Waals surface area contributed by atoms with Crippen LogP contribution in [0.4, 0.5) is 0 Å². The van der Waals surface area contributed by atoms with Crippen molar-refractivity contribution in [3.8, 4) is 23.0 Å². The molecule has 1 amide bonds. The quantitative estimate of drug-likeness (QED) is 0.161. The fourth-order valence-electron chi connectivity index (χ4n) is 4.35. The highest BCUT2D eigenvalue weighted by Gasteiger charge is 2.33. The topological polar surface area (TPSA) is 192 Å². The van der Waals surface area contributed by atoms with Crippen LogP contribution in [0.1, 0.15) is 60.8 Å². The van der Waals surface area contributed by atoms with E-state index in [9.17, 15) is 39.6 Å². The van der Waals surface area contributed by atoms with Crippen LogP contribution >= 0.6 is 0 Å². The lowest BCUT2D eigenvalue weighted by Crippen LogP contribution is -2.44. The van der Waals surface area contributed by atoms with E-state index in [1.807, 2.05) is 13.8 Å². The zero-order chi connectivity index (χ0) is 30.6. The molecule has 0 bridgehead atoms. The first-order valence-electron chi connectivity index (χ1n) is 13.1. The number of rotatable bonds is 9. The second-order valence-electron chi connectivity index (χ2n) is 10.1. The third-order valence-corrected chi connectivity index (χ3v) is 6.46. The highest BCUT2D eigenvalue weighted by atomic mass is 16.5. The van der Waals surface area contributed by atoms with E-state index in [0.29, 0.717) is 12.1 Å². The summed E-state index contributed by atoms with van der Waals surface area (Å²) in [6.07, 6.45) is -0.801. The van der Waals surface area contributed by atoms with Crippen molar-refractivity contribution in [2.24, 2.45) is 5.92 Å². The number of carbonyl (C=O) groups is 4. The molecule has 1 heterocycles. The average Bonchev–Trinajstić information content (AvgIpc) is 3.37. The van der Waals surface area contributed by atoms with E-state index in [4.69, 9.17) is 9.47 Å². The molecule has 3 aromatic carbocycles. The molecule has 1 fully saturated rings. The number of esters is 2. The van der Waals surface area contributed by atoms with Crippen molar-refractivity contribution in [2.75, 3.05) is 19.7 Å². The molecular formula is C30H30N2O10. The fraction of sp³-hybridized carbons (Fsp3) is 0.267. The summed E-state index contributed by atoms with van der Waals surface area (Å²) >= 11 is 0. The van der Waals surface area contributed by atoms with E-state index in [2.05, 4.69) is 10.6 Å². The summed E-state index contributed by atoms with van der Waals surface area (Å²) in [5, 5.41) is 46.9. The predicted octanol–water partition coefficient (Wildman–Crippen LogP) is 2.48. The van der Waals surface area contributed by atoms with Crippen molar-refractivity contribution in [2.45, 2.75) is 26.0 Å². The van der Waals surface area contributed by atoms with Gasteiger partial charge >= 0.3 is 11.9 Å². The Kier molecular flexibility index (Phi) is 8.96. The molecule has 0 spiro atoms. The first-order chi connectivity index (χ1) is 20.0. The molecule has 1 aliphatic rings. The highest BCUT2D eigenvalue weighted by Crippen LogP contribution is 2.35. The molecule has 2 atom stereocenters. The molecule has 42 heavy (non-hydrogen) atoms.